The van der Waals surface area contributed by atoms with Crippen LogP contribution in [0.25, 0.3) is 22.5 Å². The van der Waals surface area contributed by atoms with Gasteiger partial charge in [0.2, 0.25) is 0 Å². The lowest BCUT2D eigenvalue weighted by Crippen LogP contribution is -2.08. The molecule has 0 spiro atoms. The molecular formula is C39H46N2O6. The number of pyridine rings is 2. The summed E-state index contributed by atoms with van der Waals surface area (Å²) < 4.78 is 22.9. The Morgan fingerprint density at radius 3 is 1.74 bits per heavy atom. The summed E-state index contributed by atoms with van der Waals surface area (Å²) >= 11 is 0. The predicted molar refractivity (Wildman–Crippen MR) is 184 cm³/mol. The number of hydrogen-bond donors (Lipinski definition) is 1. The number of ether oxygens (including phenoxy) is 4. The molecular weight excluding hydrogens is 592 g/mol. The molecule has 2 heterocycles. The van der Waals surface area contributed by atoms with Gasteiger partial charge in [0.25, 0.3) is 0 Å². The molecule has 8 nitrogen and oxygen atoms in total. The number of nitrogens with zero attached hydrogens (tertiary/aromatic N) is 2. The first kappa shape index (κ1) is 35.6. The highest BCUT2D eigenvalue weighted by molar-refractivity contribution is 5.87. The van der Waals surface area contributed by atoms with Crippen LogP contribution in [-0.4, -0.2) is 73.7 Å². The zero-order valence-electron chi connectivity index (χ0n) is 27.3. The Morgan fingerprint density at radius 1 is 0.617 bits per heavy atom. The third-order valence-electron chi connectivity index (χ3n) is 7.38. The van der Waals surface area contributed by atoms with E-state index < -0.39 is 0 Å². The van der Waals surface area contributed by atoms with Crippen LogP contribution >= 0.6 is 0 Å². The van der Waals surface area contributed by atoms with Crippen LogP contribution in [0.4, 0.5) is 0 Å². The monoisotopic (exact) mass is 638 g/mol. The summed E-state index contributed by atoms with van der Waals surface area (Å²) in [5.74, 6) is -0.0589. The van der Waals surface area contributed by atoms with E-state index in [2.05, 4.69) is 64.6 Å². The number of ketones is 1. The normalized spacial score (nSPS) is 11.6. The minimum Gasteiger partial charge on any atom is -0.512 e. The van der Waals surface area contributed by atoms with Crippen molar-refractivity contribution >= 4 is 5.78 Å². The van der Waals surface area contributed by atoms with Gasteiger partial charge in [0, 0.05) is 42.6 Å². The Bertz CT molecular complexity index is 1520. The van der Waals surface area contributed by atoms with Gasteiger partial charge in [-0.25, -0.2) is 0 Å². The summed E-state index contributed by atoms with van der Waals surface area (Å²) in [4.78, 5) is 20.0. The van der Waals surface area contributed by atoms with E-state index in [1.54, 1.807) is 0 Å². The SMILES string of the molecule is CC(=O)C=C(O)CCCOCCOCCc1ccnc(-c2cccc(CCOCCOCCc3cccc(-c4ccccn4)c3)c2)c1. The van der Waals surface area contributed by atoms with Crippen molar-refractivity contribution < 1.29 is 28.8 Å². The largest absolute Gasteiger partial charge is 0.512 e. The Morgan fingerprint density at radius 2 is 1.17 bits per heavy atom. The molecule has 0 saturated heterocycles. The summed E-state index contributed by atoms with van der Waals surface area (Å²) in [6, 6.07) is 27.0. The number of carbonyl (C=O) groups is 1. The van der Waals surface area contributed by atoms with Crippen molar-refractivity contribution in [3.63, 3.8) is 0 Å². The summed E-state index contributed by atoms with van der Waals surface area (Å²) in [6.07, 6.45) is 8.44. The van der Waals surface area contributed by atoms with E-state index in [9.17, 15) is 9.90 Å². The molecule has 0 bridgehead atoms. The first-order chi connectivity index (χ1) is 23.1. The Labute approximate surface area is 278 Å². The Kier molecular flexibility index (Phi) is 15.8. The van der Waals surface area contributed by atoms with E-state index in [0.717, 1.165) is 41.8 Å². The van der Waals surface area contributed by atoms with E-state index >= 15 is 0 Å². The molecule has 0 aliphatic rings. The van der Waals surface area contributed by atoms with Gasteiger partial charge >= 0.3 is 0 Å². The number of allylic oxidation sites excluding steroid dienone is 2. The molecule has 0 amide bonds. The molecule has 0 saturated carbocycles. The maximum atomic E-state index is 10.9. The number of aliphatic hydroxyl groups excluding tert-OH is 1. The van der Waals surface area contributed by atoms with Crippen LogP contribution in [0.2, 0.25) is 0 Å². The topological polar surface area (TPSA) is 100 Å². The van der Waals surface area contributed by atoms with Gasteiger partial charge in [-0.1, -0.05) is 42.5 Å². The average molecular weight is 639 g/mol. The van der Waals surface area contributed by atoms with Gasteiger partial charge in [-0.3, -0.25) is 14.8 Å². The van der Waals surface area contributed by atoms with Crippen molar-refractivity contribution in [2.24, 2.45) is 0 Å². The number of hydrogen-bond acceptors (Lipinski definition) is 8. The zero-order chi connectivity index (χ0) is 32.9. The highest BCUT2D eigenvalue weighted by Gasteiger charge is 2.05. The van der Waals surface area contributed by atoms with Crippen molar-refractivity contribution in [3.05, 3.63) is 120 Å². The highest BCUT2D eigenvalue weighted by atomic mass is 16.5. The fourth-order valence-electron chi connectivity index (χ4n) is 4.97. The molecule has 0 radical (unpaired) electrons. The third-order valence-corrected chi connectivity index (χ3v) is 7.38. The maximum absolute atomic E-state index is 10.9. The molecule has 47 heavy (non-hydrogen) atoms. The summed E-state index contributed by atoms with van der Waals surface area (Å²) in [6.45, 7) is 5.93. The summed E-state index contributed by atoms with van der Waals surface area (Å²) in [5.41, 5.74) is 7.72. The second-order valence-corrected chi connectivity index (χ2v) is 11.2. The van der Waals surface area contributed by atoms with Gasteiger partial charge in [-0.05, 0) is 85.7 Å². The van der Waals surface area contributed by atoms with Gasteiger partial charge in [-0.15, -0.1) is 0 Å². The lowest BCUT2D eigenvalue weighted by Gasteiger charge is -2.09. The highest BCUT2D eigenvalue weighted by Crippen LogP contribution is 2.20. The molecule has 2 aromatic carbocycles. The number of rotatable bonds is 22. The molecule has 8 heteroatoms. The van der Waals surface area contributed by atoms with Crippen LogP contribution < -0.4 is 0 Å². The van der Waals surface area contributed by atoms with Crippen molar-refractivity contribution in [3.8, 4) is 22.5 Å². The van der Waals surface area contributed by atoms with Gasteiger partial charge in [0.15, 0.2) is 5.78 Å². The lowest BCUT2D eigenvalue weighted by atomic mass is 10.0. The van der Waals surface area contributed by atoms with Crippen molar-refractivity contribution in [1.82, 2.24) is 9.97 Å². The zero-order valence-corrected chi connectivity index (χ0v) is 27.3. The first-order valence-corrected chi connectivity index (χ1v) is 16.3. The van der Waals surface area contributed by atoms with Gasteiger partial charge in [0.1, 0.15) is 0 Å². The molecule has 248 valence electrons. The van der Waals surface area contributed by atoms with Gasteiger partial charge in [-0.2, -0.15) is 0 Å². The average Bonchev–Trinajstić information content (AvgIpc) is 3.09. The van der Waals surface area contributed by atoms with Gasteiger partial charge in [0.05, 0.1) is 63.4 Å². The number of aliphatic hydroxyl groups is 1. The van der Waals surface area contributed by atoms with Crippen molar-refractivity contribution in [2.45, 2.75) is 39.0 Å². The minimum absolute atomic E-state index is 0.0961. The molecule has 4 rings (SSSR count). The van der Waals surface area contributed by atoms with Crippen LogP contribution in [-0.2, 0) is 43.0 Å². The first-order valence-electron chi connectivity index (χ1n) is 16.3. The quantitative estimate of drug-likeness (QED) is 0.0557. The summed E-state index contributed by atoms with van der Waals surface area (Å²) in [5, 5.41) is 9.58. The molecule has 0 aliphatic heterocycles. The fourth-order valence-corrected chi connectivity index (χ4v) is 4.97. The molecule has 0 unspecified atom stereocenters. The van der Waals surface area contributed by atoms with Crippen LogP contribution in [0.5, 0.6) is 0 Å². The standard InChI is InChI=1S/C39H46N2O6/c1-31(42)27-37(43)11-6-19-44-23-24-47-22-16-34-13-18-41-39(30-34)36-10-5-8-33(29-36)15-21-46-26-25-45-20-14-32-7-4-9-35(28-32)38-12-2-3-17-40-38/h2-5,7-10,12-13,17-18,27-30,43H,6,11,14-16,19-26H2,1H3. The van der Waals surface area contributed by atoms with Crippen LogP contribution in [0.1, 0.15) is 36.5 Å². The van der Waals surface area contributed by atoms with E-state index in [0.29, 0.717) is 65.7 Å². The second-order valence-electron chi connectivity index (χ2n) is 11.2. The Hall–Kier alpha value is -4.21. The molecule has 0 aliphatic carbocycles. The van der Waals surface area contributed by atoms with E-state index in [-0.39, 0.29) is 11.5 Å². The minimum atomic E-state index is -0.155. The summed E-state index contributed by atoms with van der Waals surface area (Å²) in [7, 11) is 0. The predicted octanol–water partition coefficient (Wildman–Crippen LogP) is 7.02. The van der Waals surface area contributed by atoms with Crippen LogP contribution in [0.15, 0.2) is 103 Å². The van der Waals surface area contributed by atoms with E-state index in [1.165, 1.54) is 29.7 Å². The molecule has 0 fully saturated rings. The van der Waals surface area contributed by atoms with Crippen LogP contribution in [0.3, 0.4) is 0 Å². The van der Waals surface area contributed by atoms with E-state index in [4.69, 9.17) is 18.9 Å². The van der Waals surface area contributed by atoms with E-state index in [1.807, 2.05) is 36.7 Å². The molecule has 1 N–H and O–H groups in total. The van der Waals surface area contributed by atoms with Crippen LogP contribution in [0, 0.1) is 0 Å². The fraction of sp³-hybridized carbons (Fsp3) is 0.359. The molecule has 2 aromatic heterocycles. The second kappa shape index (κ2) is 20.8. The molecule has 4 aromatic rings. The smallest absolute Gasteiger partial charge is 0.155 e. The number of aromatic nitrogens is 2. The number of benzene rings is 2. The van der Waals surface area contributed by atoms with Crippen molar-refractivity contribution in [2.75, 3.05) is 52.9 Å². The maximum Gasteiger partial charge on any atom is 0.155 e. The van der Waals surface area contributed by atoms with Crippen molar-refractivity contribution in [1.29, 1.82) is 0 Å². The van der Waals surface area contributed by atoms with Gasteiger partial charge < -0.3 is 24.1 Å². The Balaban J connectivity index is 1.07. The molecule has 0 atom stereocenters. The number of carbonyl (C=O) groups excluding carboxylic acids is 1. The lowest BCUT2D eigenvalue weighted by molar-refractivity contribution is -0.112. The third kappa shape index (κ3) is 14.0.